The molecule has 1 fully saturated rings. The van der Waals surface area contributed by atoms with Crippen LogP contribution in [-0.2, 0) is 10.0 Å². The number of nitrogens with one attached hydrogen (secondary N) is 1. The van der Waals surface area contributed by atoms with Gasteiger partial charge >= 0.3 is 0 Å². The summed E-state index contributed by atoms with van der Waals surface area (Å²) in [5.41, 5.74) is 7.03. The molecule has 1 saturated heterocycles. The summed E-state index contributed by atoms with van der Waals surface area (Å²) in [6.07, 6.45) is 3.35. The van der Waals surface area contributed by atoms with Crippen molar-refractivity contribution in [3.8, 4) is 0 Å². The molecule has 1 aliphatic rings. The first kappa shape index (κ1) is 20.2. The molecule has 1 aliphatic heterocycles. The van der Waals surface area contributed by atoms with Crippen LogP contribution in [0.15, 0.2) is 46.4 Å². The fraction of sp³-hybridized carbons (Fsp3) is 0.333. The molecule has 0 bridgehead atoms. The van der Waals surface area contributed by atoms with Crippen molar-refractivity contribution in [1.82, 2.24) is 9.73 Å². The lowest BCUT2D eigenvalue weighted by molar-refractivity contribution is 0.0955. The number of carbonyl (C=O) groups excluding carboxylic acids is 1. The number of benzene rings is 2. The maximum Gasteiger partial charge on any atom is 0.271 e. The monoisotopic (exact) mass is 399 g/mol. The van der Waals surface area contributed by atoms with Gasteiger partial charge in [0.2, 0.25) is 10.0 Å². The standard InChI is InChI=1S/C21H25N3O3S/c1-15-11-16(2)20(17(3)12-15)14-22-23-21(25)18-7-6-8-19(13-18)28(26,27)24-9-4-5-10-24/h6-8,11-14H,4-5,9-10H2,1-3H3,(H,23,25)/b22-14-. The molecule has 0 unspecified atom stereocenters. The number of amides is 1. The van der Waals surface area contributed by atoms with Crippen molar-refractivity contribution in [3.05, 3.63) is 64.2 Å². The van der Waals surface area contributed by atoms with Crippen molar-refractivity contribution < 1.29 is 13.2 Å². The molecule has 2 aromatic carbocycles. The fourth-order valence-corrected chi connectivity index (χ4v) is 5.05. The van der Waals surface area contributed by atoms with E-state index in [1.54, 1.807) is 18.3 Å². The first-order valence-corrected chi connectivity index (χ1v) is 10.7. The highest BCUT2D eigenvalue weighted by molar-refractivity contribution is 7.89. The van der Waals surface area contributed by atoms with E-state index >= 15 is 0 Å². The van der Waals surface area contributed by atoms with Gasteiger partial charge in [-0.2, -0.15) is 9.41 Å². The molecular weight excluding hydrogens is 374 g/mol. The van der Waals surface area contributed by atoms with E-state index in [0.717, 1.165) is 29.5 Å². The van der Waals surface area contributed by atoms with Crippen LogP contribution < -0.4 is 5.43 Å². The molecule has 1 amide bonds. The van der Waals surface area contributed by atoms with Crippen molar-refractivity contribution in [2.24, 2.45) is 5.10 Å². The molecule has 6 nitrogen and oxygen atoms in total. The first-order chi connectivity index (χ1) is 13.3. The SMILES string of the molecule is Cc1cc(C)c(/C=N\NC(=O)c2cccc(S(=O)(=O)N3CCCC3)c2)c(C)c1. The predicted molar refractivity (Wildman–Crippen MR) is 110 cm³/mol. The second-order valence-electron chi connectivity index (χ2n) is 7.15. The minimum atomic E-state index is -3.56. The van der Waals surface area contributed by atoms with Crippen LogP contribution in [0, 0.1) is 20.8 Å². The summed E-state index contributed by atoms with van der Waals surface area (Å²) in [7, 11) is -3.56. The third-order valence-electron chi connectivity index (χ3n) is 4.90. The minimum absolute atomic E-state index is 0.135. The average Bonchev–Trinajstić information content (AvgIpc) is 3.19. The summed E-state index contributed by atoms with van der Waals surface area (Å²) in [4.78, 5) is 12.6. The van der Waals surface area contributed by atoms with Gasteiger partial charge < -0.3 is 0 Å². The predicted octanol–water partition coefficient (Wildman–Crippen LogP) is 3.16. The third kappa shape index (κ3) is 4.31. The Kier molecular flexibility index (Phi) is 5.96. The zero-order valence-corrected chi connectivity index (χ0v) is 17.2. The van der Waals surface area contributed by atoms with Crippen molar-refractivity contribution >= 4 is 22.1 Å². The third-order valence-corrected chi connectivity index (χ3v) is 6.79. The number of hydrogen-bond acceptors (Lipinski definition) is 4. The van der Waals surface area contributed by atoms with Gasteiger partial charge in [-0.15, -0.1) is 0 Å². The Morgan fingerprint density at radius 2 is 1.71 bits per heavy atom. The normalized spacial score (nSPS) is 15.2. The van der Waals surface area contributed by atoms with Gasteiger partial charge in [0.15, 0.2) is 0 Å². The first-order valence-electron chi connectivity index (χ1n) is 9.30. The maximum atomic E-state index is 12.7. The van der Waals surface area contributed by atoms with Crippen molar-refractivity contribution in [2.75, 3.05) is 13.1 Å². The minimum Gasteiger partial charge on any atom is -0.267 e. The summed E-state index contributed by atoms with van der Waals surface area (Å²) < 4.78 is 26.8. The summed E-state index contributed by atoms with van der Waals surface area (Å²) in [5, 5.41) is 4.05. The van der Waals surface area contributed by atoms with E-state index in [0.29, 0.717) is 13.1 Å². The lowest BCUT2D eigenvalue weighted by Gasteiger charge is -2.15. The average molecular weight is 400 g/mol. The molecule has 0 radical (unpaired) electrons. The zero-order chi connectivity index (χ0) is 20.3. The summed E-state index contributed by atoms with van der Waals surface area (Å²) in [6, 6.07) is 10.2. The smallest absolute Gasteiger partial charge is 0.267 e. The maximum absolute atomic E-state index is 12.7. The Labute approximate surface area is 166 Å². The molecule has 1 N–H and O–H groups in total. The van der Waals surface area contributed by atoms with Crippen LogP contribution in [0.25, 0.3) is 0 Å². The molecule has 0 aromatic heterocycles. The van der Waals surface area contributed by atoms with Crippen LogP contribution in [0.3, 0.4) is 0 Å². The molecule has 148 valence electrons. The lowest BCUT2D eigenvalue weighted by atomic mass is 10.0. The number of carbonyl (C=O) groups is 1. The van der Waals surface area contributed by atoms with Crippen LogP contribution in [0.2, 0.25) is 0 Å². The highest BCUT2D eigenvalue weighted by atomic mass is 32.2. The van der Waals surface area contributed by atoms with Gasteiger partial charge in [-0.3, -0.25) is 4.79 Å². The van der Waals surface area contributed by atoms with E-state index in [-0.39, 0.29) is 10.5 Å². The number of rotatable bonds is 5. The van der Waals surface area contributed by atoms with Gasteiger partial charge in [0, 0.05) is 24.2 Å². The molecule has 3 rings (SSSR count). The molecule has 0 saturated carbocycles. The van der Waals surface area contributed by atoms with Crippen LogP contribution in [0.4, 0.5) is 0 Å². The topological polar surface area (TPSA) is 78.8 Å². The molecule has 0 spiro atoms. The number of sulfonamides is 1. The Morgan fingerprint density at radius 1 is 1.07 bits per heavy atom. The fourth-order valence-electron chi connectivity index (χ4n) is 3.49. The Bertz CT molecular complexity index is 1000. The van der Waals surface area contributed by atoms with Crippen LogP contribution in [0.1, 0.15) is 45.5 Å². The van der Waals surface area contributed by atoms with Crippen molar-refractivity contribution in [2.45, 2.75) is 38.5 Å². The summed E-state index contributed by atoms with van der Waals surface area (Å²) in [5.74, 6) is -0.447. The van der Waals surface area contributed by atoms with Crippen molar-refractivity contribution in [3.63, 3.8) is 0 Å². The van der Waals surface area contributed by atoms with Gasteiger partial charge in [-0.1, -0.05) is 23.8 Å². The number of nitrogens with zero attached hydrogens (tertiary/aromatic N) is 2. The van der Waals surface area contributed by atoms with Gasteiger partial charge in [0.05, 0.1) is 11.1 Å². The van der Waals surface area contributed by atoms with Crippen LogP contribution in [-0.4, -0.2) is 37.9 Å². The van der Waals surface area contributed by atoms with Crippen LogP contribution in [0.5, 0.6) is 0 Å². The summed E-state index contributed by atoms with van der Waals surface area (Å²) in [6.45, 7) is 7.08. The highest BCUT2D eigenvalue weighted by Gasteiger charge is 2.27. The lowest BCUT2D eigenvalue weighted by Crippen LogP contribution is -2.28. The van der Waals surface area contributed by atoms with Crippen LogP contribution >= 0.6 is 0 Å². The number of hydrazone groups is 1. The molecule has 0 aliphatic carbocycles. The molecule has 1 heterocycles. The molecule has 2 aromatic rings. The highest BCUT2D eigenvalue weighted by Crippen LogP contribution is 2.21. The van der Waals surface area contributed by atoms with Crippen molar-refractivity contribution in [1.29, 1.82) is 0 Å². The van der Waals surface area contributed by atoms with E-state index in [9.17, 15) is 13.2 Å². The van der Waals surface area contributed by atoms with E-state index in [2.05, 4.69) is 22.7 Å². The van der Waals surface area contributed by atoms with Gasteiger partial charge in [0.1, 0.15) is 0 Å². The van der Waals surface area contributed by atoms with Gasteiger partial charge in [0.25, 0.3) is 5.91 Å². The van der Waals surface area contributed by atoms with Gasteiger partial charge in [-0.25, -0.2) is 13.8 Å². The summed E-state index contributed by atoms with van der Waals surface area (Å²) >= 11 is 0. The largest absolute Gasteiger partial charge is 0.271 e. The molecular formula is C21H25N3O3S. The Morgan fingerprint density at radius 3 is 2.36 bits per heavy atom. The number of hydrogen-bond donors (Lipinski definition) is 1. The second kappa shape index (κ2) is 8.24. The second-order valence-corrected chi connectivity index (χ2v) is 9.09. The Balaban J connectivity index is 1.75. The van der Waals surface area contributed by atoms with E-state index in [1.165, 1.54) is 22.0 Å². The van der Waals surface area contributed by atoms with Gasteiger partial charge in [-0.05, 0) is 62.9 Å². The van der Waals surface area contributed by atoms with E-state index in [1.807, 2.05) is 20.8 Å². The quantitative estimate of drug-likeness (QED) is 0.620. The number of aryl methyl sites for hydroxylation is 3. The van der Waals surface area contributed by atoms with E-state index in [4.69, 9.17) is 0 Å². The zero-order valence-electron chi connectivity index (χ0n) is 16.4. The Hall–Kier alpha value is -2.51. The molecule has 7 heteroatoms. The molecule has 0 atom stereocenters. The molecule has 28 heavy (non-hydrogen) atoms. The van der Waals surface area contributed by atoms with E-state index < -0.39 is 15.9 Å².